The van der Waals surface area contributed by atoms with Gasteiger partial charge in [-0.05, 0) is 24.3 Å². The molecule has 8 heteroatoms. The maximum Gasteiger partial charge on any atom is 0.261 e. The number of thiazole rings is 2. The van der Waals surface area contributed by atoms with Crippen LogP contribution in [0.2, 0.25) is 0 Å². The van der Waals surface area contributed by atoms with Gasteiger partial charge in [0.25, 0.3) is 5.91 Å². The van der Waals surface area contributed by atoms with Crippen LogP contribution in [0.4, 0.5) is 5.13 Å². The molecule has 0 saturated heterocycles. The highest BCUT2D eigenvalue weighted by atomic mass is 32.1. The standard InChI is InChI=1S/C19H15N3O3S2/c1-24-11-7-8-12(15(9-11)25-2)17(23)22-19-21-14(10-26-19)18-20-13-5-3-4-6-16(13)27-18/h3-10H,1-2H3,(H,21,22,23). The molecular formula is C19H15N3O3S2. The maximum atomic E-state index is 12.6. The van der Waals surface area contributed by atoms with Crippen molar-refractivity contribution in [3.8, 4) is 22.2 Å². The van der Waals surface area contributed by atoms with Gasteiger partial charge in [0, 0.05) is 11.4 Å². The van der Waals surface area contributed by atoms with Gasteiger partial charge in [0.05, 0.1) is 30.0 Å². The average molecular weight is 397 g/mol. The van der Waals surface area contributed by atoms with Crippen LogP contribution in [-0.4, -0.2) is 30.1 Å². The van der Waals surface area contributed by atoms with E-state index in [1.54, 1.807) is 36.6 Å². The predicted octanol–water partition coefficient (Wildman–Crippen LogP) is 4.69. The second-order valence-corrected chi connectivity index (χ2v) is 7.43. The first kappa shape index (κ1) is 17.4. The monoisotopic (exact) mass is 397 g/mol. The lowest BCUT2D eigenvalue weighted by Gasteiger charge is -2.09. The van der Waals surface area contributed by atoms with Crippen LogP contribution in [0.1, 0.15) is 10.4 Å². The summed E-state index contributed by atoms with van der Waals surface area (Å²) in [5.41, 5.74) is 2.10. The van der Waals surface area contributed by atoms with Gasteiger partial charge < -0.3 is 9.47 Å². The molecule has 0 atom stereocenters. The number of para-hydroxylation sites is 1. The molecule has 0 aliphatic carbocycles. The van der Waals surface area contributed by atoms with Gasteiger partial charge in [-0.15, -0.1) is 22.7 Å². The number of hydrogen-bond donors (Lipinski definition) is 1. The molecule has 4 aromatic rings. The van der Waals surface area contributed by atoms with Crippen LogP contribution in [0.5, 0.6) is 11.5 Å². The summed E-state index contributed by atoms with van der Waals surface area (Å²) in [5.74, 6) is 0.769. The van der Waals surface area contributed by atoms with Crippen molar-refractivity contribution in [3.05, 3.63) is 53.4 Å². The summed E-state index contributed by atoms with van der Waals surface area (Å²) in [7, 11) is 3.08. The molecule has 0 unspecified atom stereocenters. The number of anilines is 1. The fourth-order valence-corrected chi connectivity index (χ4v) is 4.25. The van der Waals surface area contributed by atoms with Gasteiger partial charge in [-0.1, -0.05) is 12.1 Å². The minimum Gasteiger partial charge on any atom is -0.497 e. The highest BCUT2D eigenvalue weighted by Crippen LogP contribution is 2.32. The number of fused-ring (bicyclic) bond motifs is 1. The zero-order valence-electron chi connectivity index (χ0n) is 14.6. The van der Waals surface area contributed by atoms with Crippen molar-refractivity contribution in [3.63, 3.8) is 0 Å². The van der Waals surface area contributed by atoms with Gasteiger partial charge in [-0.3, -0.25) is 10.1 Å². The van der Waals surface area contributed by atoms with E-state index in [0.29, 0.717) is 22.2 Å². The number of methoxy groups -OCH3 is 2. The van der Waals surface area contributed by atoms with Crippen molar-refractivity contribution in [2.45, 2.75) is 0 Å². The summed E-state index contributed by atoms with van der Waals surface area (Å²) < 4.78 is 11.6. The number of carbonyl (C=O) groups is 1. The molecule has 1 amide bonds. The lowest BCUT2D eigenvalue weighted by molar-refractivity contribution is 0.102. The van der Waals surface area contributed by atoms with Crippen LogP contribution in [-0.2, 0) is 0 Å². The molecule has 0 aliphatic rings. The number of hydrogen-bond acceptors (Lipinski definition) is 7. The van der Waals surface area contributed by atoms with E-state index in [1.165, 1.54) is 18.4 Å². The quantitative estimate of drug-likeness (QED) is 0.529. The molecule has 1 N–H and O–H groups in total. The van der Waals surface area contributed by atoms with Crippen molar-refractivity contribution in [2.75, 3.05) is 19.5 Å². The van der Waals surface area contributed by atoms with Gasteiger partial charge >= 0.3 is 0 Å². The first-order valence-electron chi connectivity index (χ1n) is 8.03. The fourth-order valence-electron chi connectivity index (χ4n) is 2.56. The lowest BCUT2D eigenvalue weighted by atomic mass is 10.2. The van der Waals surface area contributed by atoms with Gasteiger partial charge in [0.15, 0.2) is 5.13 Å². The number of nitrogens with zero attached hydrogens (tertiary/aromatic N) is 2. The Kier molecular flexibility index (Phi) is 4.74. The Balaban J connectivity index is 1.56. The van der Waals surface area contributed by atoms with Crippen molar-refractivity contribution < 1.29 is 14.3 Å². The number of amides is 1. The van der Waals surface area contributed by atoms with Crippen LogP contribution in [0.25, 0.3) is 20.9 Å². The maximum absolute atomic E-state index is 12.6. The van der Waals surface area contributed by atoms with Crippen LogP contribution in [0.15, 0.2) is 47.8 Å². The second kappa shape index (κ2) is 7.34. The third kappa shape index (κ3) is 3.49. The number of benzene rings is 2. The molecule has 136 valence electrons. The average Bonchev–Trinajstić information content (AvgIpc) is 3.33. The number of nitrogens with one attached hydrogen (secondary N) is 1. The van der Waals surface area contributed by atoms with E-state index < -0.39 is 0 Å². The van der Waals surface area contributed by atoms with Crippen LogP contribution in [0.3, 0.4) is 0 Å². The highest BCUT2D eigenvalue weighted by molar-refractivity contribution is 7.22. The molecule has 0 aliphatic heterocycles. The van der Waals surface area contributed by atoms with E-state index in [9.17, 15) is 4.79 Å². The Labute approximate surface area is 163 Å². The molecule has 0 fully saturated rings. The molecule has 2 aromatic heterocycles. The van der Waals surface area contributed by atoms with Crippen LogP contribution >= 0.6 is 22.7 Å². The SMILES string of the molecule is COc1ccc(C(=O)Nc2nc(-c3nc4ccccc4s3)cs2)c(OC)c1. The van der Waals surface area contributed by atoms with Gasteiger partial charge in [-0.25, -0.2) is 9.97 Å². The number of carbonyl (C=O) groups excluding carboxylic acids is 1. The van der Waals surface area contributed by atoms with Crippen molar-refractivity contribution in [2.24, 2.45) is 0 Å². The van der Waals surface area contributed by atoms with E-state index >= 15 is 0 Å². The van der Waals surface area contributed by atoms with E-state index in [4.69, 9.17) is 9.47 Å². The molecule has 2 heterocycles. The lowest BCUT2D eigenvalue weighted by Crippen LogP contribution is -2.13. The third-order valence-electron chi connectivity index (χ3n) is 3.89. The molecule has 0 spiro atoms. The van der Waals surface area contributed by atoms with Gasteiger partial charge in [0.2, 0.25) is 0 Å². The minimum absolute atomic E-state index is 0.292. The van der Waals surface area contributed by atoms with E-state index in [0.717, 1.165) is 20.9 Å². The first-order chi connectivity index (χ1) is 13.2. The van der Waals surface area contributed by atoms with E-state index in [1.807, 2.05) is 29.6 Å². The summed E-state index contributed by atoms with van der Waals surface area (Å²) >= 11 is 2.93. The Morgan fingerprint density at radius 3 is 2.70 bits per heavy atom. The van der Waals surface area contributed by atoms with Gasteiger partial charge in [0.1, 0.15) is 22.2 Å². The van der Waals surface area contributed by atoms with Gasteiger partial charge in [-0.2, -0.15) is 0 Å². The molecule has 27 heavy (non-hydrogen) atoms. The predicted molar refractivity (Wildman–Crippen MR) is 108 cm³/mol. The molecule has 4 rings (SSSR count). The summed E-state index contributed by atoms with van der Waals surface area (Å²) in [4.78, 5) is 21.7. The Bertz CT molecular complexity index is 1090. The van der Waals surface area contributed by atoms with E-state index in [-0.39, 0.29) is 5.91 Å². The third-order valence-corrected chi connectivity index (χ3v) is 5.71. The topological polar surface area (TPSA) is 73.3 Å². The molecule has 2 aromatic carbocycles. The molecule has 0 radical (unpaired) electrons. The highest BCUT2D eigenvalue weighted by Gasteiger charge is 2.16. The summed E-state index contributed by atoms with van der Waals surface area (Å²) in [6, 6.07) is 13.0. The summed E-state index contributed by atoms with van der Waals surface area (Å²) in [5, 5.41) is 6.04. The van der Waals surface area contributed by atoms with Crippen molar-refractivity contribution in [1.29, 1.82) is 0 Å². The second-order valence-electron chi connectivity index (χ2n) is 5.54. The van der Waals surface area contributed by atoms with Crippen molar-refractivity contribution >= 4 is 43.9 Å². The van der Waals surface area contributed by atoms with E-state index in [2.05, 4.69) is 15.3 Å². The summed E-state index contributed by atoms with van der Waals surface area (Å²) in [6.07, 6.45) is 0. The fraction of sp³-hybridized carbons (Fsp3) is 0.105. The smallest absolute Gasteiger partial charge is 0.261 e. The molecular weight excluding hydrogens is 382 g/mol. The largest absolute Gasteiger partial charge is 0.497 e. The Morgan fingerprint density at radius 2 is 1.93 bits per heavy atom. The molecule has 6 nitrogen and oxygen atoms in total. The Hall–Kier alpha value is -2.97. The number of aromatic nitrogens is 2. The zero-order valence-corrected chi connectivity index (χ0v) is 16.2. The molecule has 0 saturated carbocycles. The number of rotatable bonds is 5. The first-order valence-corrected chi connectivity index (χ1v) is 9.72. The zero-order chi connectivity index (χ0) is 18.8. The minimum atomic E-state index is -0.292. The number of ether oxygens (including phenoxy) is 2. The van der Waals surface area contributed by atoms with Crippen LogP contribution < -0.4 is 14.8 Å². The summed E-state index contributed by atoms with van der Waals surface area (Å²) in [6.45, 7) is 0. The van der Waals surface area contributed by atoms with Crippen LogP contribution in [0, 0.1) is 0 Å². The van der Waals surface area contributed by atoms with Crippen molar-refractivity contribution in [1.82, 2.24) is 9.97 Å². The normalized spacial score (nSPS) is 10.7. The molecule has 0 bridgehead atoms. The Morgan fingerprint density at radius 1 is 1.07 bits per heavy atom.